The largest absolute Gasteiger partial charge is 0.394 e. The molecule has 0 spiro atoms. The fourth-order valence-electron chi connectivity index (χ4n) is 5.27. The molecule has 13 heteroatoms. The number of hydrogen-bond acceptors (Lipinski definition) is 10. The molecule has 1 aromatic rings. The van der Waals surface area contributed by atoms with Crippen molar-refractivity contribution in [2.24, 2.45) is 0 Å². The van der Waals surface area contributed by atoms with E-state index < -0.39 is 53.6 Å². The number of H-pyrrole nitrogens is 1. The summed E-state index contributed by atoms with van der Waals surface area (Å²) < 4.78 is 20.4. The lowest BCUT2D eigenvalue weighted by Gasteiger charge is -2.43. The lowest BCUT2D eigenvalue weighted by Crippen LogP contribution is -2.69. The van der Waals surface area contributed by atoms with Crippen molar-refractivity contribution in [2.75, 3.05) is 6.61 Å². The number of nitriles is 1. The Bertz CT molecular complexity index is 1080. The Labute approximate surface area is 240 Å². The number of aliphatic hydroxyl groups excluding tert-OH is 2. The van der Waals surface area contributed by atoms with Gasteiger partial charge in [0.2, 0.25) is 5.72 Å². The second kappa shape index (κ2) is 17.1. The van der Waals surface area contributed by atoms with E-state index in [1.165, 1.54) is 63.9 Å². The second-order valence-electron chi connectivity index (χ2n) is 10.9. The van der Waals surface area contributed by atoms with Crippen LogP contribution in [0.15, 0.2) is 15.8 Å². The maximum atomic E-state index is 15.1. The minimum absolute atomic E-state index is 0.148. The summed E-state index contributed by atoms with van der Waals surface area (Å²) in [6.45, 7) is 1.23. The third-order valence-electron chi connectivity index (χ3n) is 7.79. The number of unbranched alkanes of at least 4 members (excludes halogenated alkanes) is 14. The van der Waals surface area contributed by atoms with Crippen molar-refractivity contribution in [3.05, 3.63) is 32.6 Å². The standard InChI is InChI=1S/C28H47FN4O8/c1-2-3-4-5-6-7-8-9-10-11-12-13-14-15-16-17-23(29)33(40)27(38)24(35)22(20-34)41-28(27,39)32-19-21(18-30)25(36)31-26(32)37/h19,22-24,34-35,38-40H,2-17,20H2,1H3,(H,31,36,37)/t22-,23?,24-,27-,28-/m1/s1. The van der Waals surface area contributed by atoms with Crippen LogP contribution < -0.4 is 11.2 Å². The first kappa shape index (κ1) is 35.0. The van der Waals surface area contributed by atoms with E-state index in [1.807, 2.05) is 0 Å². The molecule has 41 heavy (non-hydrogen) atoms. The zero-order valence-corrected chi connectivity index (χ0v) is 24.0. The Morgan fingerprint density at radius 1 is 1.02 bits per heavy atom. The summed E-state index contributed by atoms with van der Waals surface area (Å²) in [5, 5.41) is 61.9. The number of nitrogens with one attached hydrogen (secondary N) is 1. The number of hydroxylamine groups is 2. The molecule has 1 saturated heterocycles. The van der Waals surface area contributed by atoms with Crippen molar-refractivity contribution >= 4 is 0 Å². The molecule has 1 aliphatic heterocycles. The molecule has 1 unspecified atom stereocenters. The minimum atomic E-state index is -3.40. The maximum Gasteiger partial charge on any atom is 0.332 e. The van der Waals surface area contributed by atoms with Gasteiger partial charge in [-0.2, -0.15) is 5.26 Å². The van der Waals surface area contributed by atoms with Gasteiger partial charge in [0.05, 0.1) is 6.61 Å². The molecule has 12 nitrogen and oxygen atoms in total. The Morgan fingerprint density at radius 3 is 1.98 bits per heavy atom. The quantitative estimate of drug-likeness (QED) is 0.0573. The van der Waals surface area contributed by atoms with Gasteiger partial charge in [-0.3, -0.25) is 9.78 Å². The molecule has 0 radical (unpaired) electrons. The molecule has 0 aromatic carbocycles. The number of nitrogens with zero attached hydrogens (tertiary/aromatic N) is 3. The van der Waals surface area contributed by atoms with Gasteiger partial charge in [-0.15, -0.1) is 5.06 Å². The fourth-order valence-corrected chi connectivity index (χ4v) is 5.27. The zero-order chi connectivity index (χ0) is 30.5. The molecule has 2 rings (SSSR count). The highest BCUT2D eigenvalue weighted by Crippen LogP contribution is 2.44. The summed E-state index contributed by atoms with van der Waals surface area (Å²) in [6.07, 6.45) is 10.5. The van der Waals surface area contributed by atoms with Crippen LogP contribution in [0, 0.1) is 11.3 Å². The Hall–Kier alpha value is -2.18. The Kier molecular flexibility index (Phi) is 14.6. The zero-order valence-electron chi connectivity index (χ0n) is 24.0. The third-order valence-corrected chi connectivity index (χ3v) is 7.79. The normalized spacial score (nSPS) is 25.0. The van der Waals surface area contributed by atoms with Crippen molar-refractivity contribution in [3.8, 4) is 6.07 Å². The van der Waals surface area contributed by atoms with Gasteiger partial charge in [-0.1, -0.05) is 96.8 Å². The van der Waals surface area contributed by atoms with Crippen molar-refractivity contribution < 1.29 is 34.8 Å². The minimum Gasteiger partial charge on any atom is -0.394 e. The molecule has 234 valence electrons. The van der Waals surface area contributed by atoms with Crippen LogP contribution >= 0.6 is 0 Å². The van der Waals surface area contributed by atoms with Gasteiger partial charge < -0.3 is 30.4 Å². The molecule has 5 atom stereocenters. The van der Waals surface area contributed by atoms with Crippen molar-refractivity contribution in [1.82, 2.24) is 14.6 Å². The highest BCUT2D eigenvalue weighted by molar-refractivity contribution is 5.22. The van der Waals surface area contributed by atoms with E-state index in [0.29, 0.717) is 19.0 Å². The number of halogens is 1. The lowest BCUT2D eigenvalue weighted by molar-refractivity contribution is -0.428. The van der Waals surface area contributed by atoms with Crippen LogP contribution in [0.4, 0.5) is 4.39 Å². The second-order valence-corrected chi connectivity index (χ2v) is 10.9. The summed E-state index contributed by atoms with van der Waals surface area (Å²) in [4.78, 5) is 25.9. The monoisotopic (exact) mass is 586 g/mol. The van der Waals surface area contributed by atoms with E-state index in [1.54, 1.807) is 4.98 Å². The van der Waals surface area contributed by atoms with E-state index in [0.717, 1.165) is 25.7 Å². The lowest BCUT2D eigenvalue weighted by atomic mass is 9.99. The first-order valence-corrected chi connectivity index (χ1v) is 14.9. The van der Waals surface area contributed by atoms with Crippen LogP contribution in [0.1, 0.15) is 115 Å². The summed E-state index contributed by atoms with van der Waals surface area (Å²) in [6, 6.07) is 1.48. The van der Waals surface area contributed by atoms with E-state index in [2.05, 4.69) is 6.92 Å². The maximum absolute atomic E-state index is 15.1. The average Bonchev–Trinajstić information content (AvgIpc) is 3.16. The topological polar surface area (TPSA) is 192 Å². The van der Waals surface area contributed by atoms with E-state index in [-0.39, 0.29) is 16.1 Å². The Balaban J connectivity index is 1.85. The smallest absolute Gasteiger partial charge is 0.332 e. The van der Waals surface area contributed by atoms with Crippen LogP contribution in [0.3, 0.4) is 0 Å². The number of aromatic amines is 1. The fraction of sp³-hybridized carbons (Fsp3) is 0.821. The average molecular weight is 587 g/mol. The predicted octanol–water partition coefficient (Wildman–Crippen LogP) is 2.70. The van der Waals surface area contributed by atoms with Gasteiger partial charge in [-0.05, 0) is 12.8 Å². The molecule has 0 saturated carbocycles. The predicted molar refractivity (Wildman–Crippen MR) is 147 cm³/mol. The summed E-state index contributed by atoms with van der Waals surface area (Å²) in [5.74, 6) is -3.39. The number of ether oxygens (including phenoxy) is 1. The van der Waals surface area contributed by atoms with Crippen molar-refractivity contribution in [3.63, 3.8) is 0 Å². The van der Waals surface area contributed by atoms with Crippen molar-refractivity contribution in [1.29, 1.82) is 5.26 Å². The first-order valence-electron chi connectivity index (χ1n) is 14.9. The summed E-state index contributed by atoms with van der Waals surface area (Å²) in [7, 11) is 0. The molecule has 0 amide bonds. The SMILES string of the molecule is CCCCCCCCCCCCCCCCCC(F)N(O)[C@@]1(O)[C@H](O)[C@@H](CO)O[C@@]1(O)n1cc(C#N)c(=O)[nH]c1=O. The number of rotatable bonds is 20. The van der Waals surface area contributed by atoms with Gasteiger partial charge in [0, 0.05) is 6.20 Å². The van der Waals surface area contributed by atoms with E-state index >= 15 is 4.39 Å². The van der Waals surface area contributed by atoms with E-state index in [9.17, 15) is 35.2 Å². The molecule has 2 heterocycles. The van der Waals surface area contributed by atoms with Gasteiger partial charge >= 0.3 is 11.6 Å². The number of aliphatic hydroxyl groups is 4. The molecular weight excluding hydrogens is 539 g/mol. The molecular formula is C28H47FN4O8. The van der Waals surface area contributed by atoms with Gasteiger partial charge in [0.1, 0.15) is 23.8 Å². The van der Waals surface area contributed by atoms with Crippen LogP contribution in [-0.4, -0.2) is 71.1 Å². The summed E-state index contributed by atoms with van der Waals surface area (Å²) >= 11 is 0. The van der Waals surface area contributed by atoms with Crippen LogP contribution in [0.5, 0.6) is 0 Å². The van der Waals surface area contributed by atoms with E-state index in [4.69, 9.17) is 10.00 Å². The molecule has 0 aliphatic carbocycles. The molecule has 6 N–H and O–H groups in total. The molecule has 0 bridgehead atoms. The Morgan fingerprint density at radius 2 is 1.51 bits per heavy atom. The van der Waals surface area contributed by atoms with Crippen molar-refractivity contribution in [2.45, 2.75) is 140 Å². The summed E-state index contributed by atoms with van der Waals surface area (Å²) in [5.41, 5.74) is -6.56. The molecule has 1 aromatic heterocycles. The van der Waals surface area contributed by atoms with Crippen LogP contribution in [0.2, 0.25) is 0 Å². The van der Waals surface area contributed by atoms with Gasteiger partial charge in [-0.25, -0.2) is 13.8 Å². The highest BCUT2D eigenvalue weighted by atomic mass is 19.1. The number of alkyl halides is 1. The molecule has 1 fully saturated rings. The van der Waals surface area contributed by atoms with Crippen LogP contribution in [0.25, 0.3) is 0 Å². The molecule has 1 aliphatic rings. The number of aromatic nitrogens is 2. The number of hydrogen-bond donors (Lipinski definition) is 6. The highest BCUT2D eigenvalue weighted by Gasteiger charge is 2.71. The third kappa shape index (κ3) is 8.67. The first-order chi connectivity index (χ1) is 19.6. The van der Waals surface area contributed by atoms with Crippen LogP contribution in [-0.2, 0) is 10.6 Å². The van der Waals surface area contributed by atoms with Gasteiger partial charge in [0.15, 0.2) is 6.30 Å². The van der Waals surface area contributed by atoms with Gasteiger partial charge in [0.25, 0.3) is 5.56 Å².